The maximum Gasteiger partial charge on any atom is 0.416 e. The van der Waals surface area contributed by atoms with Crippen LogP contribution in [0.1, 0.15) is 22.4 Å². The van der Waals surface area contributed by atoms with Crippen LogP contribution in [-0.2, 0) is 17.4 Å². The molecule has 22 heavy (non-hydrogen) atoms. The van der Waals surface area contributed by atoms with Gasteiger partial charge in [0, 0.05) is 30.5 Å². The Bertz CT molecular complexity index is 638. The molecule has 4 nitrogen and oxygen atoms in total. The van der Waals surface area contributed by atoms with Gasteiger partial charge in [0.05, 0.1) is 5.56 Å². The Hall–Kier alpha value is -1.93. The fourth-order valence-electron chi connectivity index (χ4n) is 1.77. The van der Waals surface area contributed by atoms with E-state index >= 15 is 0 Å². The van der Waals surface area contributed by atoms with Crippen molar-refractivity contribution in [2.24, 2.45) is 5.73 Å². The quantitative estimate of drug-likeness (QED) is 0.886. The number of alkyl halides is 3. The average Bonchev–Trinajstić information content (AvgIpc) is 2.85. The van der Waals surface area contributed by atoms with Crippen molar-refractivity contribution >= 4 is 22.4 Å². The first-order valence-corrected chi connectivity index (χ1v) is 7.31. The van der Waals surface area contributed by atoms with Gasteiger partial charge in [0.15, 0.2) is 5.13 Å². The summed E-state index contributed by atoms with van der Waals surface area (Å²) in [4.78, 5) is 16.3. The Kier molecular flexibility index (Phi) is 5.15. The van der Waals surface area contributed by atoms with E-state index in [4.69, 9.17) is 5.73 Å². The molecule has 0 unspecified atom stereocenters. The Balaban J connectivity index is 1.99. The number of halogens is 3. The molecule has 1 amide bonds. The second kappa shape index (κ2) is 6.89. The Morgan fingerprint density at radius 3 is 2.55 bits per heavy atom. The summed E-state index contributed by atoms with van der Waals surface area (Å²) in [6.45, 7) is 0.260. The van der Waals surface area contributed by atoms with Gasteiger partial charge in [0.2, 0.25) is 5.91 Å². The third-order valence-corrected chi connectivity index (χ3v) is 3.74. The lowest BCUT2D eigenvalue weighted by Gasteiger charge is -2.06. The van der Waals surface area contributed by atoms with Gasteiger partial charge >= 0.3 is 6.18 Å². The van der Waals surface area contributed by atoms with E-state index in [0.29, 0.717) is 11.6 Å². The molecule has 2 aromatic rings. The summed E-state index contributed by atoms with van der Waals surface area (Å²) in [7, 11) is 0. The van der Waals surface area contributed by atoms with Crippen LogP contribution in [0.2, 0.25) is 0 Å². The summed E-state index contributed by atoms with van der Waals surface area (Å²) >= 11 is 1.29. The highest BCUT2D eigenvalue weighted by molar-refractivity contribution is 7.15. The molecule has 0 saturated carbocycles. The number of hydrogen-bond acceptors (Lipinski definition) is 4. The summed E-state index contributed by atoms with van der Waals surface area (Å²) in [5, 5.41) is 3.08. The van der Waals surface area contributed by atoms with Gasteiger partial charge in [0.25, 0.3) is 0 Å². The van der Waals surface area contributed by atoms with Crippen molar-refractivity contribution in [2.45, 2.75) is 19.0 Å². The topological polar surface area (TPSA) is 68.0 Å². The highest BCUT2D eigenvalue weighted by Crippen LogP contribution is 2.29. The van der Waals surface area contributed by atoms with Crippen molar-refractivity contribution in [3.8, 4) is 0 Å². The van der Waals surface area contributed by atoms with E-state index in [1.54, 1.807) is 6.20 Å². The lowest BCUT2D eigenvalue weighted by atomic mass is 10.1. The molecule has 2 rings (SSSR count). The van der Waals surface area contributed by atoms with Crippen LogP contribution in [-0.4, -0.2) is 17.4 Å². The van der Waals surface area contributed by atoms with Crippen LogP contribution in [0.15, 0.2) is 30.5 Å². The number of nitrogens with one attached hydrogen (secondary N) is 1. The third kappa shape index (κ3) is 4.54. The van der Waals surface area contributed by atoms with E-state index < -0.39 is 11.7 Å². The van der Waals surface area contributed by atoms with Gasteiger partial charge in [0.1, 0.15) is 0 Å². The average molecular weight is 329 g/mol. The van der Waals surface area contributed by atoms with E-state index in [0.717, 1.165) is 22.6 Å². The predicted octanol–water partition coefficient (Wildman–Crippen LogP) is 3.04. The van der Waals surface area contributed by atoms with Crippen molar-refractivity contribution in [1.29, 1.82) is 0 Å². The van der Waals surface area contributed by atoms with E-state index in [2.05, 4.69) is 10.3 Å². The predicted molar refractivity (Wildman–Crippen MR) is 78.7 cm³/mol. The molecule has 0 saturated heterocycles. The molecule has 0 fully saturated rings. The zero-order valence-corrected chi connectivity index (χ0v) is 12.3. The number of thiazole rings is 1. The van der Waals surface area contributed by atoms with Crippen molar-refractivity contribution in [3.63, 3.8) is 0 Å². The van der Waals surface area contributed by atoms with Crippen LogP contribution in [0.5, 0.6) is 0 Å². The molecule has 3 N–H and O–H groups in total. The maximum atomic E-state index is 12.5. The van der Waals surface area contributed by atoms with E-state index in [9.17, 15) is 18.0 Å². The molecule has 0 atom stereocenters. The summed E-state index contributed by atoms with van der Waals surface area (Å²) in [5.41, 5.74) is 5.35. The van der Waals surface area contributed by atoms with E-state index in [1.165, 1.54) is 23.5 Å². The molecule has 0 aliphatic carbocycles. The highest BCUT2D eigenvalue weighted by Gasteiger charge is 2.29. The molecule has 8 heteroatoms. The van der Waals surface area contributed by atoms with Gasteiger partial charge in [-0.2, -0.15) is 13.2 Å². The minimum absolute atomic E-state index is 0.210. The van der Waals surface area contributed by atoms with Gasteiger partial charge in [-0.3, -0.25) is 4.79 Å². The summed E-state index contributed by atoms with van der Waals surface area (Å²) < 4.78 is 37.4. The first-order valence-electron chi connectivity index (χ1n) is 6.49. The van der Waals surface area contributed by atoms with Crippen LogP contribution >= 0.6 is 11.3 Å². The maximum absolute atomic E-state index is 12.5. The van der Waals surface area contributed by atoms with E-state index in [1.807, 2.05) is 0 Å². The summed E-state index contributed by atoms with van der Waals surface area (Å²) in [6.07, 6.45) is -2.06. The molecule has 0 bridgehead atoms. The lowest BCUT2D eigenvalue weighted by molar-refractivity contribution is -0.137. The Morgan fingerprint density at radius 2 is 1.95 bits per heavy atom. The minimum Gasteiger partial charge on any atom is -0.330 e. The number of amides is 1. The Morgan fingerprint density at radius 1 is 1.27 bits per heavy atom. The number of carbonyl (C=O) groups is 1. The molecule has 0 radical (unpaired) electrons. The highest BCUT2D eigenvalue weighted by atomic mass is 32.1. The van der Waals surface area contributed by atoms with Gasteiger partial charge in [-0.05, 0) is 17.7 Å². The monoisotopic (exact) mass is 329 g/mol. The lowest BCUT2D eigenvalue weighted by Crippen LogP contribution is -2.15. The van der Waals surface area contributed by atoms with Crippen LogP contribution in [0.25, 0.3) is 0 Å². The number of anilines is 1. The second-order valence-corrected chi connectivity index (χ2v) is 5.71. The van der Waals surface area contributed by atoms with Crippen molar-refractivity contribution in [2.75, 3.05) is 11.9 Å². The minimum atomic E-state index is -4.33. The van der Waals surface area contributed by atoms with E-state index in [-0.39, 0.29) is 18.9 Å². The SMILES string of the molecule is NCCC(=O)Nc1ncc(Cc2ccc(C(F)(F)F)cc2)s1. The molecule has 0 aliphatic rings. The number of rotatable bonds is 5. The van der Waals surface area contributed by atoms with Crippen LogP contribution in [0.4, 0.5) is 18.3 Å². The van der Waals surface area contributed by atoms with Gasteiger partial charge in [-0.25, -0.2) is 4.98 Å². The molecule has 118 valence electrons. The largest absolute Gasteiger partial charge is 0.416 e. The fourth-order valence-corrected chi connectivity index (χ4v) is 2.64. The molecule has 1 heterocycles. The molecule has 0 aliphatic heterocycles. The van der Waals surface area contributed by atoms with Crippen molar-refractivity contribution in [1.82, 2.24) is 4.98 Å². The second-order valence-electron chi connectivity index (χ2n) is 4.59. The summed E-state index contributed by atoms with van der Waals surface area (Å²) in [6, 6.07) is 4.99. The van der Waals surface area contributed by atoms with Crippen LogP contribution < -0.4 is 11.1 Å². The van der Waals surface area contributed by atoms with Crippen molar-refractivity contribution < 1.29 is 18.0 Å². The Labute approximate surface area is 129 Å². The number of nitrogens with two attached hydrogens (primary N) is 1. The molecular weight excluding hydrogens is 315 g/mol. The van der Waals surface area contributed by atoms with Crippen molar-refractivity contribution in [3.05, 3.63) is 46.5 Å². The number of hydrogen-bond donors (Lipinski definition) is 2. The number of aromatic nitrogens is 1. The molecular formula is C14H14F3N3OS. The molecule has 1 aromatic carbocycles. The number of benzene rings is 1. The first-order chi connectivity index (χ1) is 10.4. The smallest absolute Gasteiger partial charge is 0.330 e. The molecule has 0 spiro atoms. The fraction of sp³-hybridized carbons (Fsp3) is 0.286. The first kappa shape index (κ1) is 16.4. The number of nitrogens with zero attached hydrogens (tertiary/aromatic N) is 1. The molecule has 1 aromatic heterocycles. The summed E-state index contributed by atoms with van der Waals surface area (Å²) in [5.74, 6) is -0.210. The normalized spacial score (nSPS) is 11.5. The standard InChI is InChI=1S/C14H14F3N3OS/c15-14(16,17)10-3-1-9(2-4-10)7-11-8-19-13(22-11)20-12(21)5-6-18/h1-4,8H,5-7,18H2,(H,19,20,21). The van der Waals surface area contributed by atoms with Crippen LogP contribution in [0, 0.1) is 0 Å². The zero-order chi connectivity index (χ0) is 16.2. The van der Waals surface area contributed by atoms with Gasteiger partial charge in [-0.1, -0.05) is 12.1 Å². The van der Waals surface area contributed by atoms with Gasteiger partial charge < -0.3 is 11.1 Å². The zero-order valence-electron chi connectivity index (χ0n) is 11.5. The van der Waals surface area contributed by atoms with Gasteiger partial charge in [-0.15, -0.1) is 11.3 Å². The number of carbonyl (C=O) groups excluding carboxylic acids is 1. The van der Waals surface area contributed by atoms with Crippen LogP contribution in [0.3, 0.4) is 0 Å². The third-order valence-electron chi connectivity index (χ3n) is 2.83.